The second-order valence-electron chi connectivity index (χ2n) is 3.32. The maximum absolute atomic E-state index is 5.05. The van der Waals surface area contributed by atoms with E-state index in [2.05, 4.69) is 62.0 Å². The summed E-state index contributed by atoms with van der Waals surface area (Å²) < 4.78 is 6.19. The molecule has 0 N–H and O–H groups in total. The van der Waals surface area contributed by atoms with Crippen molar-refractivity contribution in [3.8, 4) is 0 Å². The van der Waals surface area contributed by atoms with Crippen molar-refractivity contribution in [2.45, 2.75) is 5.33 Å². The van der Waals surface area contributed by atoms with Crippen molar-refractivity contribution in [1.82, 2.24) is 0 Å². The molecule has 0 saturated carbocycles. The second-order valence-corrected chi connectivity index (χ2v) is 4.74. The van der Waals surface area contributed by atoms with Crippen LogP contribution < -0.4 is 4.90 Å². The largest absolute Gasteiger partial charge is 0.383 e. The zero-order valence-electron chi connectivity index (χ0n) is 8.96. The summed E-state index contributed by atoms with van der Waals surface area (Å²) in [6.07, 6.45) is 0. The molecule has 0 saturated heterocycles. The van der Waals surface area contributed by atoms with Gasteiger partial charge in [0.25, 0.3) is 0 Å². The Morgan fingerprint density at radius 1 is 1.40 bits per heavy atom. The molecule has 15 heavy (non-hydrogen) atoms. The average molecular weight is 337 g/mol. The number of nitrogens with zero attached hydrogens (tertiary/aromatic N) is 1. The molecular formula is C11H15Br2NO. The fourth-order valence-electron chi connectivity index (χ4n) is 1.24. The van der Waals surface area contributed by atoms with E-state index < -0.39 is 0 Å². The van der Waals surface area contributed by atoms with Crippen LogP contribution in [0.25, 0.3) is 0 Å². The highest BCUT2D eigenvalue weighted by Crippen LogP contribution is 2.25. The highest BCUT2D eigenvalue weighted by Gasteiger charge is 2.04. The van der Waals surface area contributed by atoms with Gasteiger partial charge < -0.3 is 9.64 Å². The fraction of sp³-hybridized carbons (Fsp3) is 0.455. The van der Waals surface area contributed by atoms with Gasteiger partial charge in [0, 0.05) is 36.2 Å². The summed E-state index contributed by atoms with van der Waals surface area (Å²) in [6.45, 7) is 1.64. The molecule has 0 radical (unpaired) electrons. The first-order valence-corrected chi connectivity index (χ1v) is 6.65. The molecule has 4 heteroatoms. The number of rotatable bonds is 5. The van der Waals surface area contributed by atoms with E-state index in [0.717, 1.165) is 23.0 Å². The molecule has 84 valence electrons. The third-order valence-corrected chi connectivity index (χ3v) is 3.59. The van der Waals surface area contributed by atoms with Gasteiger partial charge in [0.05, 0.1) is 6.61 Å². The van der Waals surface area contributed by atoms with E-state index in [1.54, 1.807) is 7.11 Å². The van der Waals surface area contributed by atoms with Gasteiger partial charge in [0.1, 0.15) is 0 Å². The zero-order chi connectivity index (χ0) is 11.3. The van der Waals surface area contributed by atoms with Gasteiger partial charge in [-0.2, -0.15) is 0 Å². The van der Waals surface area contributed by atoms with Crippen LogP contribution in [0, 0.1) is 0 Å². The summed E-state index contributed by atoms with van der Waals surface area (Å²) >= 11 is 7.00. The molecule has 1 rings (SSSR count). The fourth-order valence-corrected chi connectivity index (χ4v) is 2.61. The third-order valence-electron chi connectivity index (χ3n) is 2.25. The Kier molecular flexibility index (Phi) is 5.64. The smallest absolute Gasteiger partial charge is 0.0637 e. The van der Waals surface area contributed by atoms with Crippen LogP contribution in [-0.4, -0.2) is 27.3 Å². The normalized spacial score (nSPS) is 10.4. The van der Waals surface area contributed by atoms with Gasteiger partial charge in [0.2, 0.25) is 0 Å². The Labute approximate surface area is 108 Å². The lowest BCUT2D eigenvalue weighted by Crippen LogP contribution is -2.21. The van der Waals surface area contributed by atoms with Gasteiger partial charge in [-0.15, -0.1) is 0 Å². The molecular weight excluding hydrogens is 322 g/mol. The van der Waals surface area contributed by atoms with Crippen LogP contribution in [-0.2, 0) is 10.1 Å². The lowest BCUT2D eigenvalue weighted by molar-refractivity contribution is 0.206. The van der Waals surface area contributed by atoms with Crippen molar-refractivity contribution in [1.29, 1.82) is 0 Å². The van der Waals surface area contributed by atoms with Crippen LogP contribution in [0.5, 0.6) is 0 Å². The molecule has 0 amide bonds. The van der Waals surface area contributed by atoms with E-state index in [9.17, 15) is 0 Å². The molecule has 0 heterocycles. The van der Waals surface area contributed by atoms with Crippen LogP contribution in [0.4, 0.5) is 5.69 Å². The van der Waals surface area contributed by atoms with Gasteiger partial charge in [-0.25, -0.2) is 0 Å². The van der Waals surface area contributed by atoms with Gasteiger partial charge >= 0.3 is 0 Å². The van der Waals surface area contributed by atoms with E-state index in [1.807, 2.05) is 0 Å². The number of methoxy groups -OCH3 is 1. The van der Waals surface area contributed by atoms with Crippen LogP contribution >= 0.6 is 31.9 Å². The van der Waals surface area contributed by atoms with Crippen LogP contribution in [0.1, 0.15) is 5.56 Å². The van der Waals surface area contributed by atoms with E-state index >= 15 is 0 Å². The van der Waals surface area contributed by atoms with Crippen molar-refractivity contribution in [3.63, 3.8) is 0 Å². The van der Waals surface area contributed by atoms with Crippen molar-refractivity contribution in [2.24, 2.45) is 0 Å². The first-order valence-electron chi connectivity index (χ1n) is 4.73. The molecule has 0 aromatic heterocycles. The predicted molar refractivity (Wildman–Crippen MR) is 71.9 cm³/mol. The van der Waals surface area contributed by atoms with Gasteiger partial charge in [-0.3, -0.25) is 0 Å². The van der Waals surface area contributed by atoms with Crippen LogP contribution in [0.2, 0.25) is 0 Å². The first-order chi connectivity index (χ1) is 7.19. The Morgan fingerprint density at radius 2 is 2.13 bits per heavy atom. The highest BCUT2D eigenvalue weighted by atomic mass is 79.9. The number of hydrogen-bond acceptors (Lipinski definition) is 2. The van der Waals surface area contributed by atoms with Crippen molar-refractivity contribution < 1.29 is 4.74 Å². The van der Waals surface area contributed by atoms with Gasteiger partial charge in [0.15, 0.2) is 0 Å². The SMILES string of the molecule is COCCN(C)c1ccc(CBr)c(Br)c1. The quantitative estimate of drug-likeness (QED) is 0.764. The highest BCUT2D eigenvalue weighted by molar-refractivity contribution is 9.10. The van der Waals surface area contributed by atoms with E-state index in [0.29, 0.717) is 0 Å². The number of ether oxygens (including phenoxy) is 1. The number of halogens is 2. The number of benzene rings is 1. The second kappa shape index (κ2) is 6.51. The molecule has 2 nitrogen and oxygen atoms in total. The summed E-state index contributed by atoms with van der Waals surface area (Å²) in [5.41, 5.74) is 2.46. The Hall–Kier alpha value is -0.0600. The van der Waals surface area contributed by atoms with Gasteiger partial charge in [-0.05, 0) is 17.7 Å². The zero-order valence-corrected chi connectivity index (χ0v) is 12.1. The molecule has 1 aromatic rings. The molecule has 0 atom stereocenters. The maximum atomic E-state index is 5.05. The summed E-state index contributed by atoms with van der Waals surface area (Å²) in [6, 6.07) is 6.38. The Morgan fingerprint density at radius 3 is 2.67 bits per heavy atom. The Balaban J connectivity index is 2.73. The van der Waals surface area contributed by atoms with E-state index in [1.165, 1.54) is 11.3 Å². The van der Waals surface area contributed by atoms with Gasteiger partial charge in [-0.1, -0.05) is 37.9 Å². The number of anilines is 1. The summed E-state index contributed by atoms with van der Waals surface area (Å²) in [5.74, 6) is 0. The number of hydrogen-bond donors (Lipinski definition) is 0. The number of likely N-dealkylation sites (N-methyl/N-ethyl adjacent to an activating group) is 1. The molecule has 0 unspecified atom stereocenters. The van der Waals surface area contributed by atoms with Crippen molar-refractivity contribution >= 4 is 37.5 Å². The van der Waals surface area contributed by atoms with Crippen LogP contribution in [0.3, 0.4) is 0 Å². The van der Waals surface area contributed by atoms with Crippen molar-refractivity contribution in [2.75, 3.05) is 32.2 Å². The number of alkyl halides is 1. The monoisotopic (exact) mass is 335 g/mol. The molecule has 0 bridgehead atoms. The topological polar surface area (TPSA) is 12.5 Å². The predicted octanol–water partition coefficient (Wildman–Crippen LogP) is 3.43. The van der Waals surface area contributed by atoms with Crippen LogP contribution in [0.15, 0.2) is 22.7 Å². The minimum atomic E-state index is 0.744. The standard InChI is InChI=1S/C11H15Br2NO/c1-14(5-6-15-2)10-4-3-9(8-12)11(13)7-10/h3-4,7H,5-6,8H2,1-2H3. The molecule has 0 aliphatic heterocycles. The molecule has 0 aliphatic carbocycles. The minimum Gasteiger partial charge on any atom is -0.383 e. The Bertz CT molecular complexity index is 317. The summed E-state index contributed by atoms with van der Waals surface area (Å²) in [7, 11) is 3.78. The van der Waals surface area contributed by atoms with Crippen molar-refractivity contribution in [3.05, 3.63) is 28.2 Å². The molecule has 1 aromatic carbocycles. The minimum absolute atomic E-state index is 0.744. The summed E-state index contributed by atoms with van der Waals surface area (Å²) in [5, 5.41) is 0.871. The summed E-state index contributed by atoms with van der Waals surface area (Å²) in [4.78, 5) is 2.17. The lowest BCUT2D eigenvalue weighted by Gasteiger charge is -2.19. The third kappa shape index (κ3) is 3.78. The molecule has 0 fully saturated rings. The molecule has 0 aliphatic rings. The maximum Gasteiger partial charge on any atom is 0.0637 e. The van der Waals surface area contributed by atoms with E-state index in [-0.39, 0.29) is 0 Å². The lowest BCUT2D eigenvalue weighted by atomic mass is 10.2. The molecule has 0 spiro atoms. The average Bonchev–Trinajstić information content (AvgIpc) is 2.25. The first kappa shape index (κ1) is 13.0. The van der Waals surface area contributed by atoms with E-state index in [4.69, 9.17) is 4.74 Å².